The van der Waals surface area contributed by atoms with Crippen LogP contribution in [0.1, 0.15) is 20.8 Å². The zero-order chi connectivity index (χ0) is 6.20. The monoisotopic (exact) mass is 110 g/mol. The highest BCUT2D eigenvalue weighted by atomic mass is 14.3. The molecule has 0 saturated carbocycles. The highest BCUT2D eigenvalue weighted by molar-refractivity contribution is 6.39. The lowest BCUT2D eigenvalue weighted by Gasteiger charge is -2.37. The lowest BCUT2D eigenvalue weighted by molar-refractivity contribution is 0.264. The molecule has 0 aromatic rings. The van der Waals surface area contributed by atoms with Gasteiger partial charge in [-0.3, -0.25) is 0 Å². The maximum absolute atomic E-state index is 2.34. The van der Waals surface area contributed by atoms with Gasteiger partial charge in [-0.1, -0.05) is 39.3 Å². The summed E-state index contributed by atoms with van der Waals surface area (Å²) in [5, 5.41) is 0. The zero-order valence-electron chi connectivity index (χ0n) is 6.20. The Morgan fingerprint density at radius 1 is 1.25 bits per heavy atom. The predicted octanol–water partition coefficient (Wildman–Crippen LogP) is 1.94. The maximum atomic E-state index is 2.34. The van der Waals surface area contributed by atoms with Gasteiger partial charge < -0.3 is 0 Å². The van der Waals surface area contributed by atoms with E-state index in [0.717, 1.165) is 5.92 Å². The summed E-state index contributed by atoms with van der Waals surface area (Å²) in [5.74, 6) is 1.03. The summed E-state index contributed by atoms with van der Waals surface area (Å²) >= 11 is 0. The van der Waals surface area contributed by atoms with E-state index in [-0.39, 0.29) is 0 Å². The van der Waals surface area contributed by atoms with E-state index in [1.54, 1.807) is 0 Å². The zero-order valence-corrected chi connectivity index (χ0v) is 6.20. The predicted molar refractivity (Wildman–Crippen MR) is 39.7 cm³/mol. The molecule has 0 aromatic heterocycles. The highest BCUT2D eigenvalue weighted by Gasteiger charge is 2.29. The van der Waals surface area contributed by atoms with Gasteiger partial charge in [-0.25, -0.2) is 0 Å². The summed E-state index contributed by atoms with van der Waals surface area (Å²) in [4.78, 5) is 0. The molecule has 1 saturated heterocycles. The van der Waals surface area contributed by atoms with Crippen LogP contribution >= 0.6 is 0 Å². The first-order chi connectivity index (χ1) is 3.61. The van der Waals surface area contributed by atoms with Crippen LogP contribution in [-0.4, -0.2) is 7.28 Å². The van der Waals surface area contributed by atoms with Crippen molar-refractivity contribution in [3.63, 3.8) is 0 Å². The lowest BCUT2D eigenvalue weighted by Crippen LogP contribution is -2.30. The van der Waals surface area contributed by atoms with Gasteiger partial charge in [0.05, 0.1) is 0 Å². The van der Waals surface area contributed by atoms with Crippen molar-refractivity contribution in [2.75, 3.05) is 0 Å². The fourth-order valence-corrected chi connectivity index (χ4v) is 1.27. The highest BCUT2D eigenvalue weighted by Crippen LogP contribution is 2.38. The molecule has 0 N–H and O–H groups in total. The molecule has 0 unspecified atom stereocenters. The van der Waals surface area contributed by atoms with Gasteiger partial charge in [0.2, 0.25) is 0 Å². The van der Waals surface area contributed by atoms with Crippen LogP contribution in [-0.2, 0) is 0 Å². The van der Waals surface area contributed by atoms with E-state index in [4.69, 9.17) is 0 Å². The third-order valence-electron chi connectivity index (χ3n) is 2.33. The number of hydrogen-bond acceptors (Lipinski definition) is 0. The first kappa shape index (κ1) is 6.19. The molecule has 0 aromatic carbocycles. The SMILES string of the molecule is CC(C)(C)C1CBC1. The summed E-state index contributed by atoms with van der Waals surface area (Å²) in [6.45, 7) is 7.03. The van der Waals surface area contributed by atoms with Gasteiger partial charge in [0.15, 0.2) is 0 Å². The van der Waals surface area contributed by atoms with Crippen molar-refractivity contribution in [3.05, 3.63) is 0 Å². The smallest absolute Gasteiger partial charge is 0.0748 e. The van der Waals surface area contributed by atoms with Crippen LogP contribution in [0.15, 0.2) is 0 Å². The lowest BCUT2D eigenvalue weighted by atomic mass is 9.45. The maximum Gasteiger partial charge on any atom is 0.121 e. The molecular formula is C7H15B. The second-order valence-corrected chi connectivity index (χ2v) is 3.99. The minimum Gasteiger partial charge on any atom is -0.0748 e. The van der Waals surface area contributed by atoms with Crippen molar-refractivity contribution < 1.29 is 0 Å². The Labute approximate surface area is 52.9 Å². The van der Waals surface area contributed by atoms with Crippen molar-refractivity contribution in [2.45, 2.75) is 33.4 Å². The molecule has 1 heteroatoms. The van der Waals surface area contributed by atoms with Crippen molar-refractivity contribution in [2.24, 2.45) is 11.3 Å². The van der Waals surface area contributed by atoms with E-state index in [1.165, 1.54) is 19.9 Å². The number of hydrogen-bond donors (Lipinski definition) is 0. The Balaban J connectivity index is 2.34. The Bertz CT molecular complexity index is 76.9. The molecule has 46 valence electrons. The molecule has 1 aliphatic heterocycles. The first-order valence-electron chi connectivity index (χ1n) is 3.61. The fourth-order valence-electron chi connectivity index (χ4n) is 1.27. The second kappa shape index (κ2) is 1.79. The van der Waals surface area contributed by atoms with Gasteiger partial charge in [-0.15, -0.1) is 0 Å². The molecule has 0 atom stereocenters. The molecule has 1 rings (SSSR count). The van der Waals surface area contributed by atoms with Crippen LogP contribution in [0.4, 0.5) is 0 Å². The average Bonchev–Trinajstić information content (AvgIpc) is 1.16. The van der Waals surface area contributed by atoms with Crippen LogP contribution < -0.4 is 0 Å². The van der Waals surface area contributed by atoms with Crippen molar-refractivity contribution in [1.29, 1.82) is 0 Å². The van der Waals surface area contributed by atoms with Crippen LogP contribution in [0.25, 0.3) is 0 Å². The summed E-state index contributed by atoms with van der Waals surface area (Å²) in [6, 6.07) is 0. The Morgan fingerprint density at radius 2 is 1.75 bits per heavy atom. The largest absolute Gasteiger partial charge is 0.121 e. The standard InChI is InChI=1S/C7H15B/c1-7(2,3)6-4-8-5-6/h6,8H,4-5H2,1-3H3. The van der Waals surface area contributed by atoms with Crippen LogP contribution in [0.2, 0.25) is 12.6 Å². The van der Waals surface area contributed by atoms with Gasteiger partial charge >= 0.3 is 0 Å². The molecule has 0 aliphatic carbocycles. The molecule has 1 fully saturated rings. The summed E-state index contributed by atoms with van der Waals surface area (Å²) in [7, 11) is 1.47. The van der Waals surface area contributed by atoms with Gasteiger partial charge in [0, 0.05) is 0 Å². The van der Waals surface area contributed by atoms with Gasteiger partial charge in [-0.2, -0.15) is 0 Å². The molecule has 8 heavy (non-hydrogen) atoms. The van der Waals surface area contributed by atoms with E-state index < -0.39 is 0 Å². The topological polar surface area (TPSA) is 0 Å². The Morgan fingerprint density at radius 3 is 1.75 bits per heavy atom. The van der Waals surface area contributed by atoms with Crippen LogP contribution in [0.5, 0.6) is 0 Å². The third-order valence-corrected chi connectivity index (χ3v) is 2.33. The van der Waals surface area contributed by atoms with Crippen molar-refractivity contribution >= 4 is 7.28 Å². The molecule has 0 bridgehead atoms. The van der Waals surface area contributed by atoms with E-state index >= 15 is 0 Å². The normalized spacial score (nSPS) is 21.9. The van der Waals surface area contributed by atoms with Crippen LogP contribution in [0.3, 0.4) is 0 Å². The van der Waals surface area contributed by atoms with E-state index in [2.05, 4.69) is 20.8 Å². The Hall–Kier alpha value is 0.0649. The van der Waals surface area contributed by atoms with Crippen molar-refractivity contribution in [3.8, 4) is 0 Å². The fraction of sp³-hybridized carbons (Fsp3) is 1.00. The molecule has 0 nitrogen and oxygen atoms in total. The second-order valence-electron chi connectivity index (χ2n) is 3.99. The molecule has 1 heterocycles. The summed E-state index contributed by atoms with van der Waals surface area (Å²) in [6.07, 6.45) is 2.95. The average molecular weight is 110 g/mol. The first-order valence-corrected chi connectivity index (χ1v) is 3.61. The van der Waals surface area contributed by atoms with E-state index in [9.17, 15) is 0 Å². The van der Waals surface area contributed by atoms with Crippen molar-refractivity contribution in [1.82, 2.24) is 0 Å². The minimum absolute atomic E-state index is 0.595. The molecular weight excluding hydrogens is 94.9 g/mol. The molecule has 0 amide bonds. The van der Waals surface area contributed by atoms with Gasteiger partial charge in [0.1, 0.15) is 7.28 Å². The summed E-state index contributed by atoms with van der Waals surface area (Å²) < 4.78 is 0. The Kier molecular flexibility index (Phi) is 1.38. The van der Waals surface area contributed by atoms with Crippen LogP contribution in [0, 0.1) is 11.3 Å². The minimum atomic E-state index is 0.595. The van der Waals surface area contributed by atoms with Gasteiger partial charge in [0.25, 0.3) is 0 Å². The quantitative estimate of drug-likeness (QED) is 0.418. The number of rotatable bonds is 0. The van der Waals surface area contributed by atoms with E-state index in [1.807, 2.05) is 0 Å². The molecule has 1 aliphatic rings. The van der Waals surface area contributed by atoms with Gasteiger partial charge in [-0.05, 0) is 5.41 Å². The van der Waals surface area contributed by atoms with E-state index in [0.29, 0.717) is 5.41 Å². The third kappa shape index (κ3) is 1.07. The summed E-state index contributed by atoms with van der Waals surface area (Å²) in [5.41, 5.74) is 0.595. The molecule has 0 spiro atoms. The molecule has 0 radical (unpaired) electrons.